The Kier molecular flexibility index (Phi) is 3.08. The number of rotatable bonds is 3. The molecule has 3 aromatic rings. The third-order valence-corrected chi connectivity index (χ3v) is 4.16. The van der Waals surface area contributed by atoms with Crippen molar-refractivity contribution < 1.29 is 0 Å². The average Bonchev–Trinajstić information content (AvgIpc) is 2.97. The molecule has 98 valence electrons. The van der Waals surface area contributed by atoms with Crippen molar-refractivity contribution in [1.82, 2.24) is 15.0 Å². The van der Waals surface area contributed by atoms with Gasteiger partial charge in [-0.3, -0.25) is 0 Å². The normalized spacial score (nSPS) is 11.3. The van der Waals surface area contributed by atoms with E-state index in [0.717, 1.165) is 34.0 Å². The lowest BCUT2D eigenvalue weighted by Crippen LogP contribution is -2.02. The van der Waals surface area contributed by atoms with E-state index >= 15 is 0 Å². The largest absolute Gasteiger partial charge is 0.337 e. The monoisotopic (exact) mass is 272 g/mol. The number of thiazole rings is 1. The first-order valence-electron chi connectivity index (χ1n) is 6.29. The minimum atomic E-state index is 0.630. The average molecular weight is 272 g/mol. The summed E-state index contributed by atoms with van der Waals surface area (Å²) >= 11 is 1.63. The highest BCUT2D eigenvalue weighted by Crippen LogP contribution is 2.24. The maximum atomic E-state index is 5.55. The third-order valence-electron chi connectivity index (χ3n) is 3.25. The van der Waals surface area contributed by atoms with Crippen LogP contribution < -0.4 is 5.73 Å². The number of imidazole rings is 1. The molecule has 2 aromatic heterocycles. The summed E-state index contributed by atoms with van der Waals surface area (Å²) in [5, 5.41) is 3.09. The molecule has 19 heavy (non-hydrogen) atoms. The Hall–Kier alpha value is -1.72. The van der Waals surface area contributed by atoms with Gasteiger partial charge >= 0.3 is 0 Å². The summed E-state index contributed by atoms with van der Waals surface area (Å²) < 4.78 is 0. The Morgan fingerprint density at radius 3 is 2.79 bits per heavy atom. The van der Waals surface area contributed by atoms with Crippen LogP contribution in [0.4, 0.5) is 0 Å². The second kappa shape index (κ2) is 4.75. The minimum Gasteiger partial charge on any atom is -0.337 e. The molecule has 0 amide bonds. The number of aromatic nitrogens is 3. The van der Waals surface area contributed by atoms with Gasteiger partial charge in [0.2, 0.25) is 0 Å². The van der Waals surface area contributed by atoms with Gasteiger partial charge in [-0.05, 0) is 43.7 Å². The van der Waals surface area contributed by atoms with Crippen molar-refractivity contribution in [2.45, 2.75) is 20.3 Å². The van der Waals surface area contributed by atoms with Crippen LogP contribution in [-0.4, -0.2) is 21.5 Å². The first-order valence-corrected chi connectivity index (χ1v) is 7.17. The van der Waals surface area contributed by atoms with Crippen LogP contribution in [0.1, 0.15) is 16.1 Å². The van der Waals surface area contributed by atoms with Gasteiger partial charge in [-0.2, -0.15) is 0 Å². The number of nitrogens with zero attached hydrogens (tertiary/aromatic N) is 2. The summed E-state index contributed by atoms with van der Waals surface area (Å²) in [5.74, 6) is 0.833. The van der Waals surface area contributed by atoms with E-state index in [1.807, 2.05) is 5.38 Å². The summed E-state index contributed by atoms with van der Waals surface area (Å²) in [6.07, 6.45) is 0.823. The molecule has 3 N–H and O–H groups in total. The second-order valence-electron chi connectivity index (χ2n) is 4.70. The van der Waals surface area contributed by atoms with Crippen molar-refractivity contribution in [2.24, 2.45) is 5.73 Å². The molecule has 0 saturated heterocycles. The van der Waals surface area contributed by atoms with E-state index < -0.39 is 0 Å². The SMILES string of the molecule is Cc1cc2nc(-c3csc(CCN)n3)[nH]c2cc1C. The highest BCUT2D eigenvalue weighted by Gasteiger charge is 2.10. The fourth-order valence-electron chi connectivity index (χ4n) is 2.05. The molecule has 0 unspecified atom stereocenters. The summed E-state index contributed by atoms with van der Waals surface area (Å²) in [4.78, 5) is 12.5. The minimum absolute atomic E-state index is 0.630. The Morgan fingerprint density at radius 2 is 2.00 bits per heavy atom. The van der Waals surface area contributed by atoms with E-state index in [2.05, 4.69) is 40.9 Å². The molecule has 4 nitrogen and oxygen atoms in total. The Balaban J connectivity index is 2.04. The second-order valence-corrected chi connectivity index (χ2v) is 5.65. The molecule has 3 rings (SSSR count). The quantitative estimate of drug-likeness (QED) is 0.770. The van der Waals surface area contributed by atoms with Crippen LogP contribution in [0.5, 0.6) is 0 Å². The first kappa shape index (κ1) is 12.3. The number of aryl methyl sites for hydroxylation is 2. The molecule has 0 bridgehead atoms. The van der Waals surface area contributed by atoms with Gasteiger partial charge in [-0.15, -0.1) is 11.3 Å². The predicted octanol–water partition coefficient (Wildman–Crippen LogP) is 2.80. The maximum Gasteiger partial charge on any atom is 0.158 e. The smallest absolute Gasteiger partial charge is 0.158 e. The van der Waals surface area contributed by atoms with Gasteiger partial charge in [0.25, 0.3) is 0 Å². The molecule has 0 atom stereocenters. The fourth-order valence-corrected chi connectivity index (χ4v) is 2.85. The van der Waals surface area contributed by atoms with Crippen molar-refractivity contribution in [2.75, 3.05) is 6.54 Å². The molecular formula is C14H16N4S. The van der Waals surface area contributed by atoms with Crippen molar-refractivity contribution in [3.63, 3.8) is 0 Å². The van der Waals surface area contributed by atoms with Gasteiger partial charge in [0.15, 0.2) is 5.82 Å². The molecule has 0 fully saturated rings. The van der Waals surface area contributed by atoms with Crippen LogP contribution in [0.2, 0.25) is 0 Å². The third kappa shape index (κ3) is 2.27. The zero-order valence-electron chi connectivity index (χ0n) is 11.0. The summed E-state index contributed by atoms with van der Waals surface area (Å²) in [6.45, 7) is 4.84. The predicted molar refractivity (Wildman–Crippen MR) is 79.4 cm³/mol. The van der Waals surface area contributed by atoms with Crippen molar-refractivity contribution in [3.8, 4) is 11.5 Å². The van der Waals surface area contributed by atoms with Gasteiger partial charge in [0.05, 0.1) is 16.0 Å². The van der Waals surface area contributed by atoms with Crippen LogP contribution in [-0.2, 0) is 6.42 Å². The Labute approximate surface area is 115 Å². The number of hydrogen-bond donors (Lipinski definition) is 2. The standard InChI is InChI=1S/C14H16N4S/c1-8-5-10-11(6-9(8)2)18-14(17-10)12-7-19-13(16-12)3-4-15/h5-7H,3-4,15H2,1-2H3,(H,17,18). The van der Waals surface area contributed by atoms with Crippen LogP contribution >= 0.6 is 11.3 Å². The molecule has 0 radical (unpaired) electrons. The van der Waals surface area contributed by atoms with E-state index in [1.165, 1.54) is 11.1 Å². The van der Waals surface area contributed by atoms with Gasteiger partial charge < -0.3 is 10.7 Å². The maximum absolute atomic E-state index is 5.55. The van der Waals surface area contributed by atoms with Gasteiger partial charge in [0.1, 0.15) is 5.69 Å². The van der Waals surface area contributed by atoms with E-state index in [4.69, 9.17) is 5.73 Å². The van der Waals surface area contributed by atoms with Crippen LogP contribution in [0.15, 0.2) is 17.5 Å². The van der Waals surface area contributed by atoms with Gasteiger partial charge in [-0.1, -0.05) is 0 Å². The highest BCUT2D eigenvalue weighted by molar-refractivity contribution is 7.09. The van der Waals surface area contributed by atoms with E-state index in [9.17, 15) is 0 Å². The Bertz CT molecular complexity index is 687. The molecule has 0 spiro atoms. The molecule has 0 aliphatic carbocycles. The van der Waals surface area contributed by atoms with Crippen LogP contribution in [0.25, 0.3) is 22.6 Å². The molecule has 2 heterocycles. The molecule has 5 heteroatoms. The van der Waals surface area contributed by atoms with Crippen molar-refractivity contribution >= 4 is 22.4 Å². The summed E-state index contributed by atoms with van der Waals surface area (Å²) in [6, 6.07) is 4.24. The van der Waals surface area contributed by atoms with Crippen LogP contribution in [0.3, 0.4) is 0 Å². The number of hydrogen-bond acceptors (Lipinski definition) is 4. The fraction of sp³-hybridized carbons (Fsp3) is 0.286. The zero-order valence-corrected chi connectivity index (χ0v) is 11.8. The number of H-pyrrole nitrogens is 1. The number of aromatic amines is 1. The number of nitrogens with one attached hydrogen (secondary N) is 1. The molecule has 0 aliphatic heterocycles. The molecular weight excluding hydrogens is 256 g/mol. The topological polar surface area (TPSA) is 67.6 Å². The van der Waals surface area contributed by atoms with Gasteiger partial charge in [-0.25, -0.2) is 9.97 Å². The number of fused-ring (bicyclic) bond motifs is 1. The lowest BCUT2D eigenvalue weighted by atomic mass is 10.1. The van der Waals surface area contributed by atoms with Crippen molar-refractivity contribution in [1.29, 1.82) is 0 Å². The van der Waals surface area contributed by atoms with E-state index in [-0.39, 0.29) is 0 Å². The van der Waals surface area contributed by atoms with Gasteiger partial charge in [0, 0.05) is 11.8 Å². The molecule has 0 saturated carbocycles. The first-order chi connectivity index (χ1) is 9.17. The molecule has 0 aliphatic rings. The van der Waals surface area contributed by atoms with Crippen LogP contribution in [0, 0.1) is 13.8 Å². The Morgan fingerprint density at radius 1 is 1.21 bits per heavy atom. The van der Waals surface area contributed by atoms with E-state index in [0.29, 0.717) is 6.54 Å². The number of nitrogens with two attached hydrogens (primary N) is 1. The highest BCUT2D eigenvalue weighted by atomic mass is 32.1. The van der Waals surface area contributed by atoms with Crippen molar-refractivity contribution in [3.05, 3.63) is 33.6 Å². The summed E-state index contributed by atoms with van der Waals surface area (Å²) in [7, 11) is 0. The van der Waals surface area contributed by atoms with E-state index in [1.54, 1.807) is 11.3 Å². The summed E-state index contributed by atoms with van der Waals surface area (Å²) in [5.41, 5.74) is 11.0. The number of benzene rings is 1. The lowest BCUT2D eigenvalue weighted by Gasteiger charge is -1.97. The molecule has 1 aromatic carbocycles. The zero-order chi connectivity index (χ0) is 13.4. The lowest BCUT2D eigenvalue weighted by molar-refractivity contribution is 0.953.